The van der Waals surface area contributed by atoms with Gasteiger partial charge in [-0.3, -0.25) is 19.3 Å². The number of carbonyl (C=O) groups excluding carboxylic acids is 3. The van der Waals surface area contributed by atoms with Gasteiger partial charge in [0.1, 0.15) is 22.8 Å². The van der Waals surface area contributed by atoms with Crippen LogP contribution in [0, 0.1) is 0 Å². The van der Waals surface area contributed by atoms with E-state index in [4.69, 9.17) is 14.2 Å². The first-order valence-electron chi connectivity index (χ1n) is 17.3. The number of nitrogens with zero attached hydrogens (tertiary/aromatic N) is 1. The monoisotopic (exact) mass is 707 g/mol. The summed E-state index contributed by atoms with van der Waals surface area (Å²) in [6.45, 7) is 3.96. The highest BCUT2D eigenvalue weighted by Crippen LogP contribution is 2.52. The number of Topliss-reactive ketones (excluding diaryl/α,β-unsaturated/α-hetero) is 1. The van der Waals surface area contributed by atoms with Crippen molar-refractivity contribution in [1.29, 1.82) is 0 Å². The van der Waals surface area contributed by atoms with Crippen LogP contribution < -0.4 is 4.74 Å². The highest BCUT2D eigenvalue weighted by molar-refractivity contribution is 6.31. The number of phenols is 2. The number of methoxy groups -OCH3 is 1. The normalized spacial score (nSPS) is 25.3. The lowest BCUT2D eigenvalue weighted by Gasteiger charge is -2.45. The first-order chi connectivity index (χ1) is 24.9. The van der Waals surface area contributed by atoms with E-state index in [0.29, 0.717) is 13.1 Å². The van der Waals surface area contributed by atoms with Crippen molar-refractivity contribution in [2.24, 2.45) is 0 Å². The van der Waals surface area contributed by atoms with Crippen LogP contribution in [0.1, 0.15) is 86.9 Å². The fraction of sp³-hybridized carbons (Fsp3) is 0.341. The molecule has 4 N–H and O–H groups in total. The molecule has 7 rings (SSSR count). The van der Waals surface area contributed by atoms with E-state index in [-0.39, 0.29) is 40.8 Å². The summed E-state index contributed by atoms with van der Waals surface area (Å²) in [6.07, 6.45) is -4.50. The average Bonchev–Trinajstić information content (AvgIpc) is 3.13. The number of hydrogen-bond acceptors (Lipinski definition) is 11. The van der Waals surface area contributed by atoms with Gasteiger partial charge in [-0.2, -0.15) is 0 Å². The molecule has 0 unspecified atom stereocenters. The zero-order valence-corrected chi connectivity index (χ0v) is 29.1. The van der Waals surface area contributed by atoms with Crippen LogP contribution in [0.4, 0.5) is 0 Å². The number of aliphatic hydroxyl groups excluding tert-OH is 1. The summed E-state index contributed by atoms with van der Waals surface area (Å²) in [6, 6.07) is 23.8. The second-order valence-electron chi connectivity index (χ2n) is 13.9. The number of aliphatic hydroxyl groups is 2. The number of benzene rings is 4. The van der Waals surface area contributed by atoms with Gasteiger partial charge in [-0.25, -0.2) is 0 Å². The Balaban J connectivity index is 1.28. The van der Waals surface area contributed by atoms with E-state index in [2.05, 4.69) is 4.90 Å². The van der Waals surface area contributed by atoms with Crippen molar-refractivity contribution in [2.45, 2.75) is 82.4 Å². The largest absolute Gasteiger partial charge is 0.507 e. The van der Waals surface area contributed by atoms with E-state index in [0.717, 1.165) is 11.1 Å². The number of ether oxygens (including phenoxy) is 3. The quantitative estimate of drug-likeness (QED) is 0.156. The first-order valence-corrected chi connectivity index (χ1v) is 17.3. The number of hydrogen-bond donors (Lipinski definition) is 4. The van der Waals surface area contributed by atoms with Gasteiger partial charge in [0.2, 0.25) is 5.78 Å². The topological polar surface area (TPSA) is 163 Å². The Labute approximate surface area is 301 Å². The molecular weight excluding hydrogens is 666 g/mol. The molecule has 1 heterocycles. The molecule has 11 heteroatoms. The zero-order valence-electron chi connectivity index (χ0n) is 29.1. The van der Waals surface area contributed by atoms with Gasteiger partial charge in [-0.1, -0.05) is 72.8 Å². The third-order valence-electron chi connectivity index (χ3n) is 10.6. The second-order valence-corrected chi connectivity index (χ2v) is 13.9. The summed E-state index contributed by atoms with van der Waals surface area (Å²) in [5.41, 5.74) is -0.954. The fourth-order valence-corrected chi connectivity index (χ4v) is 7.89. The molecule has 52 heavy (non-hydrogen) atoms. The molecule has 0 spiro atoms. The van der Waals surface area contributed by atoms with Crippen LogP contribution in [0.3, 0.4) is 0 Å². The number of phenolic OH excluding ortho intramolecular Hbond substituents is 2. The van der Waals surface area contributed by atoms with Crippen molar-refractivity contribution in [1.82, 2.24) is 4.90 Å². The summed E-state index contributed by atoms with van der Waals surface area (Å²) in [4.78, 5) is 42.9. The van der Waals surface area contributed by atoms with Crippen LogP contribution >= 0.6 is 0 Å². The van der Waals surface area contributed by atoms with Gasteiger partial charge in [0, 0.05) is 55.1 Å². The summed E-state index contributed by atoms with van der Waals surface area (Å²) in [5.74, 6) is -3.14. The summed E-state index contributed by atoms with van der Waals surface area (Å²) in [5, 5.41) is 46.8. The molecule has 4 aromatic rings. The standard InChI is InChI=1S/C41H41NO10/c1-22-36(44)28(42(20-24-11-6-4-7-12-24)21-25-13-8-5-9-14-25)17-31(51-22)52-30-19-41(49,23(2)43)18-27-33(30)40(48)35-34(38(27)46)37(45)26-15-10-16-29(50-3)32(26)39(35)47/h4-16,22,28,30-31,36,44,46,48-49H,17-21H2,1-3H3/t22-,28-,30+,31+,36-,41-/m1/s1. The van der Waals surface area contributed by atoms with E-state index < -0.39 is 82.6 Å². The summed E-state index contributed by atoms with van der Waals surface area (Å²) < 4.78 is 18.1. The number of fused-ring (bicyclic) bond motifs is 3. The number of rotatable bonds is 9. The van der Waals surface area contributed by atoms with Gasteiger partial charge in [0.15, 0.2) is 17.9 Å². The maximum absolute atomic E-state index is 14.0. The Morgan fingerprint density at radius 2 is 1.50 bits per heavy atom. The molecule has 1 aliphatic heterocycles. The number of ketones is 3. The third-order valence-corrected chi connectivity index (χ3v) is 10.6. The van der Waals surface area contributed by atoms with E-state index in [1.54, 1.807) is 6.92 Å². The molecule has 2 aliphatic carbocycles. The SMILES string of the molecule is COc1cccc2c1C(=O)c1c(O)c3c(c(O)c1C2=O)C[C@](O)(C(C)=O)C[C@@H]3O[C@H]1C[C@@H](N(Cc2ccccc2)Cc2ccccc2)[C@H](O)[C@@H](C)O1. The number of aromatic hydroxyl groups is 2. The van der Waals surface area contributed by atoms with E-state index in [1.165, 1.54) is 32.2 Å². The van der Waals surface area contributed by atoms with Crippen LogP contribution in [0.2, 0.25) is 0 Å². The van der Waals surface area contributed by atoms with Crippen molar-refractivity contribution in [2.75, 3.05) is 7.11 Å². The van der Waals surface area contributed by atoms with Crippen molar-refractivity contribution in [3.8, 4) is 17.2 Å². The molecule has 0 radical (unpaired) electrons. The Bertz CT molecular complexity index is 1990. The van der Waals surface area contributed by atoms with Gasteiger partial charge < -0.3 is 34.6 Å². The highest BCUT2D eigenvalue weighted by Gasteiger charge is 2.50. The number of carbonyl (C=O) groups is 3. The highest BCUT2D eigenvalue weighted by atomic mass is 16.7. The van der Waals surface area contributed by atoms with Crippen molar-refractivity contribution in [3.63, 3.8) is 0 Å². The van der Waals surface area contributed by atoms with Gasteiger partial charge in [-0.05, 0) is 31.0 Å². The van der Waals surface area contributed by atoms with Crippen molar-refractivity contribution >= 4 is 17.3 Å². The van der Waals surface area contributed by atoms with Gasteiger partial charge >= 0.3 is 0 Å². The second kappa shape index (κ2) is 13.9. The lowest BCUT2D eigenvalue weighted by Crippen LogP contribution is -2.55. The smallest absolute Gasteiger partial charge is 0.202 e. The molecule has 0 saturated carbocycles. The molecule has 4 aromatic carbocycles. The molecule has 0 bridgehead atoms. The van der Waals surface area contributed by atoms with Gasteiger partial charge in [0.05, 0.1) is 42.1 Å². The van der Waals surface area contributed by atoms with E-state index in [1.807, 2.05) is 60.7 Å². The molecule has 0 aromatic heterocycles. The Hall–Kier alpha value is -4.91. The van der Waals surface area contributed by atoms with Crippen molar-refractivity contribution in [3.05, 3.63) is 123 Å². The van der Waals surface area contributed by atoms with Crippen LogP contribution in [0.5, 0.6) is 17.2 Å². The molecular formula is C41H41NO10. The third kappa shape index (κ3) is 6.18. The average molecular weight is 708 g/mol. The van der Waals surface area contributed by atoms with Gasteiger partial charge in [0.25, 0.3) is 0 Å². The van der Waals surface area contributed by atoms with Crippen LogP contribution in [-0.2, 0) is 33.8 Å². The molecule has 3 aliphatic rings. The maximum Gasteiger partial charge on any atom is 0.202 e. The molecule has 1 fully saturated rings. The molecule has 1 saturated heterocycles. The maximum atomic E-state index is 14.0. The molecule has 11 nitrogen and oxygen atoms in total. The zero-order chi connectivity index (χ0) is 36.9. The van der Waals surface area contributed by atoms with E-state index in [9.17, 15) is 34.8 Å². The van der Waals surface area contributed by atoms with Gasteiger partial charge in [-0.15, -0.1) is 0 Å². The molecule has 270 valence electrons. The van der Waals surface area contributed by atoms with Crippen LogP contribution in [0.25, 0.3) is 0 Å². The molecule has 6 atom stereocenters. The summed E-state index contributed by atoms with van der Waals surface area (Å²) >= 11 is 0. The predicted molar refractivity (Wildman–Crippen MR) is 188 cm³/mol. The van der Waals surface area contributed by atoms with Crippen molar-refractivity contribution < 1.29 is 49.0 Å². The lowest BCUT2D eigenvalue weighted by atomic mass is 9.72. The Morgan fingerprint density at radius 1 is 0.885 bits per heavy atom. The first kappa shape index (κ1) is 35.5. The molecule has 0 amide bonds. The fourth-order valence-electron chi connectivity index (χ4n) is 7.89. The van der Waals surface area contributed by atoms with E-state index >= 15 is 0 Å². The minimum absolute atomic E-state index is 0.0123. The lowest BCUT2D eigenvalue weighted by molar-refractivity contribution is -0.259. The summed E-state index contributed by atoms with van der Waals surface area (Å²) in [7, 11) is 1.36. The Kier molecular flexibility index (Phi) is 9.49. The Morgan fingerprint density at radius 3 is 2.10 bits per heavy atom. The minimum Gasteiger partial charge on any atom is -0.507 e. The minimum atomic E-state index is -2.04. The van der Waals surface area contributed by atoms with Crippen LogP contribution in [-0.4, -0.2) is 79.9 Å². The van der Waals surface area contributed by atoms with Crippen LogP contribution in [0.15, 0.2) is 78.9 Å². The predicted octanol–water partition coefficient (Wildman–Crippen LogP) is 4.77.